The summed E-state index contributed by atoms with van der Waals surface area (Å²) >= 11 is 0. The average Bonchev–Trinajstić information content (AvgIpc) is 2.83. The Morgan fingerprint density at radius 1 is 1.00 bits per heavy atom. The molecule has 0 spiro atoms. The summed E-state index contributed by atoms with van der Waals surface area (Å²) in [5.41, 5.74) is 23.0. The van der Waals surface area contributed by atoms with E-state index in [-0.39, 0.29) is 0 Å². The van der Waals surface area contributed by atoms with Gasteiger partial charge in [0, 0.05) is 38.3 Å². The number of morpholine rings is 1. The summed E-state index contributed by atoms with van der Waals surface area (Å²) in [6, 6.07) is 6.73. The normalized spacial score (nSPS) is 14.1. The van der Waals surface area contributed by atoms with Gasteiger partial charge in [-0.25, -0.2) is 4.79 Å². The topological polar surface area (TPSA) is 158 Å². The van der Waals surface area contributed by atoms with Gasteiger partial charge in [0.15, 0.2) is 0 Å². The van der Waals surface area contributed by atoms with Crippen molar-refractivity contribution >= 4 is 34.6 Å². The summed E-state index contributed by atoms with van der Waals surface area (Å²) in [5.74, 6) is -0.930. The van der Waals surface area contributed by atoms with Gasteiger partial charge in [-0.3, -0.25) is 9.69 Å². The van der Waals surface area contributed by atoms with Crippen LogP contribution in [0.4, 0.5) is 22.7 Å². The SMILES string of the molecule is COC(=O)c1cc(C)c(NC/C=C/CNc2c(N)cc(C(N)=O)cc2CN2CCOCC2)c(N)c1. The molecule has 10 heteroatoms. The number of hydrogen-bond acceptors (Lipinski definition) is 9. The molecule has 1 aliphatic rings. The number of hydrogen-bond donors (Lipinski definition) is 5. The Balaban J connectivity index is 1.62. The molecule has 188 valence electrons. The number of carbonyl (C=O) groups is 2. The fourth-order valence-corrected chi connectivity index (χ4v) is 3.99. The van der Waals surface area contributed by atoms with Crippen molar-refractivity contribution < 1.29 is 19.1 Å². The lowest BCUT2D eigenvalue weighted by Gasteiger charge is -2.28. The summed E-state index contributed by atoms with van der Waals surface area (Å²) < 4.78 is 10.2. The maximum Gasteiger partial charge on any atom is 0.337 e. The summed E-state index contributed by atoms with van der Waals surface area (Å²) in [4.78, 5) is 25.7. The predicted octanol–water partition coefficient (Wildman–Crippen LogP) is 1.96. The van der Waals surface area contributed by atoms with E-state index in [0.717, 1.165) is 35.6 Å². The van der Waals surface area contributed by atoms with E-state index >= 15 is 0 Å². The molecule has 1 saturated heterocycles. The molecule has 1 amide bonds. The number of rotatable bonds is 10. The monoisotopic (exact) mass is 482 g/mol. The lowest BCUT2D eigenvalue weighted by Crippen LogP contribution is -2.36. The molecule has 0 aromatic heterocycles. The van der Waals surface area contributed by atoms with Crippen LogP contribution < -0.4 is 27.8 Å². The molecule has 1 fully saturated rings. The van der Waals surface area contributed by atoms with Crippen molar-refractivity contribution in [1.82, 2.24) is 4.90 Å². The molecule has 0 aliphatic carbocycles. The van der Waals surface area contributed by atoms with Crippen molar-refractivity contribution in [2.24, 2.45) is 5.73 Å². The predicted molar refractivity (Wildman–Crippen MR) is 139 cm³/mol. The molecule has 1 aliphatic heterocycles. The third-order valence-electron chi connectivity index (χ3n) is 5.78. The molecule has 3 rings (SSSR count). The van der Waals surface area contributed by atoms with E-state index in [1.165, 1.54) is 7.11 Å². The first-order valence-electron chi connectivity index (χ1n) is 11.4. The number of esters is 1. The van der Waals surface area contributed by atoms with Crippen LogP contribution in [0.1, 0.15) is 31.8 Å². The number of methoxy groups -OCH3 is 1. The highest BCUT2D eigenvalue weighted by Gasteiger charge is 2.17. The lowest BCUT2D eigenvalue weighted by atomic mass is 10.0. The number of nitrogens with two attached hydrogens (primary N) is 3. The van der Waals surface area contributed by atoms with Gasteiger partial charge in [-0.1, -0.05) is 12.2 Å². The number of primary amides is 1. The maximum absolute atomic E-state index is 11.7. The zero-order chi connectivity index (χ0) is 25.4. The van der Waals surface area contributed by atoms with Crippen LogP contribution in [-0.2, 0) is 16.0 Å². The standard InChI is InChI=1S/C25H34N6O4/c1-16-11-18(25(33)34-2)14-20(26)22(16)29-5-3-4-6-30-23-19(15-31-7-9-35-10-8-31)12-17(24(28)32)13-21(23)27/h3-4,11-14,29-30H,5-10,15,26-27H2,1-2H3,(H2,28,32)/b4-3+. The minimum Gasteiger partial charge on any atom is -0.465 e. The third kappa shape index (κ3) is 6.87. The molecule has 8 N–H and O–H groups in total. The minimum atomic E-state index is -0.508. The molecular weight excluding hydrogens is 448 g/mol. The van der Waals surface area contributed by atoms with Gasteiger partial charge in [0.25, 0.3) is 0 Å². The van der Waals surface area contributed by atoms with Gasteiger partial charge < -0.3 is 37.3 Å². The van der Waals surface area contributed by atoms with E-state index in [9.17, 15) is 9.59 Å². The van der Waals surface area contributed by atoms with Crippen LogP contribution >= 0.6 is 0 Å². The lowest BCUT2D eigenvalue weighted by molar-refractivity contribution is 0.0342. The number of aryl methyl sites for hydroxylation is 1. The number of anilines is 4. The molecule has 2 aromatic carbocycles. The molecule has 0 atom stereocenters. The van der Waals surface area contributed by atoms with Gasteiger partial charge in [0.1, 0.15) is 0 Å². The second kappa shape index (κ2) is 12.1. The highest BCUT2D eigenvalue weighted by molar-refractivity contribution is 5.95. The van der Waals surface area contributed by atoms with Crippen molar-refractivity contribution in [2.75, 3.05) is 68.6 Å². The van der Waals surface area contributed by atoms with Crippen LogP contribution in [0.15, 0.2) is 36.4 Å². The highest BCUT2D eigenvalue weighted by atomic mass is 16.5. The molecule has 2 aromatic rings. The fraction of sp³-hybridized carbons (Fsp3) is 0.360. The maximum atomic E-state index is 11.7. The fourth-order valence-electron chi connectivity index (χ4n) is 3.99. The molecule has 0 unspecified atom stereocenters. The van der Waals surface area contributed by atoms with Crippen molar-refractivity contribution in [1.29, 1.82) is 0 Å². The van der Waals surface area contributed by atoms with Crippen molar-refractivity contribution in [3.05, 3.63) is 58.7 Å². The van der Waals surface area contributed by atoms with Crippen LogP contribution in [0.5, 0.6) is 0 Å². The van der Waals surface area contributed by atoms with Crippen LogP contribution in [0.25, 0.3) is 0 Å². The largest absolute Gasteiger partial charge is 0.465 e. The number of carbonyl (C=O) groups excluding carboxylic acids is 2. The smallest absolute Gasteiger partial charge is 0.337 e. The van der Waals surface area contributed by atoms with Gasteiger partial charge in [0.05, 0.1) is 48.6 Å². The summed E-state index contributed by atoms with van der Waals surface area (Å²) in [5, 5.41) is 6.63. The second-order valence-corrected chi connectivity index (χ2v) is 8.33. The first-order chi connectivity index (χ1) is 16.8. The Kier molecular flexibility index (Phi) is 8.93. The number of ether oxygens (including phenoxy) is 2. The van der Waals surface area contributed by atoms with E-state index in [2.05, 4.69) is 15.5 Å². The quantitative estimate of drug-likeness (QED) is 0.194. The van der Waals surface area contributed by atoms with Gasteiger partial charge in [-0.15, -0.1) is 0 Å². The van der Waals surface area contributed by atoms with Crippen molar-refractivity contribution in [3.8, 4) is 0 Å². The Bertz CT molecular complexity index is 1070. The van der Waals surface area contributed by atoms with Crippen molar-refractivity contribution in [3.63, 3.8) is 0 Å². The van der Waals surface area contributed by atoms with Crippen LogP contribution in [-0.4, -0.2) is 63.3 Å². The summed E-state index contributed by atoms with van der Waals surface area (Å²) in [7, 11) is 1.34. The zero-order valence-electron chi connectivity index (χ0n) is 20.2. The number of amides is 1. The number of nitrogens with zero attached hydrogens (tertiary/aromatic N) is 1. The molecule has 1 heterocycles. The number of nitrogen functional groups attached to an aromatic ring is 2. The average molecular weight is 483 g/mol. The molecular formula is C25H34N6O4. The van der Waals surface area contributed by atoms with Crippen LogP contribution in [0, 0.1) is 6.92 Å². The molecule has 0 radical (unpaired) electrons. The van der Waals surface area contributed by atoms with Crippen LogP contribution in [0.2, 0.25) is 0 Å². The van der Waals surface area contributed by atoms with E-state index < -0.39 is 11.9 Å². The van der Waals surface area contributed by atoms with E-state index in [4.69, 9.17) is 26.7 Å². The summed E-state index contributed by atoms with van der Waals surface area (Å²) in [6.45, 7) is 6.59. The molecule has 10 nitrogen and oxygen atoms in total. The molecule has 0 bridgehead atoms. The Morgan fingerprint density at radius 3 is 2.20 bits per heavy atom. The van der Waals surface area contributed by atoms with Crippen molar-refractivity contribution in [2.45, 2.75) is 13.5 Å². The Morgan fingerprint density at radius 2 is 1.60 bits per heavy atom. The van der Waals surface area contributed by atoms with E-state index in [1.807, 2.05) is 19.1 Å². The highest BCUT2D eigenvalue weighted by Crippen LogP contribution is 2.28. The van der Waals surface area contributed by atoms with Gasteiger partial charge in [-0.2, -0.15) is 0 Å². The minimum absolute atomic E-state index is 0.391. The molecule has 0 saturated carbocycles. The summed E-state index contributed by atoms with van der Waals surface area (Å²) in [6.07, 6.45) is 3.94. The van der Waals surface area contributed by atoms with Gasteiger partial charge >= 0.3 is 5.97 Å². The van der Waals surface area contributed by atoms with Crippen LogP contribution in [0.3, 0.4) is 0 Å². The number of benzene rings is 2. The first kappa shape index (κ1) is 25.9. The zero-order valence-corrected chi connectivity index (χ0v) is 20.2. The van der Waals surface area contributed by atoms with Gasteiger partial charge in [-0.05, 0) is 42.3 Å². The molecule has 35 heavy (non-hydrogen) atoms. The first-order valence-corrected chi connectivity index (χ1v) is 11.4. The third-order valence-corrected chi connectivity index (χ3v) is 5.78. The van der Waals surface area contributed by atoms with E-state index in [0.29, 0.717) is 55.3 Å². The number of nitrogens with one attached hydrogen (secondary N) is 2. The van der Waals surface area contributed by atoms with E-state index in [1.54, 1.807) is 24.3 Å². The van der Waals surface area contributed by atoms with Gasteiger partial charge in [0.2, 0.25) is 5.91 Å². The Labute approximate surface area is 205 Å². The second-order valence-electron chi connectivity index (χ2n) is 8.33. The Hall–Kier alpha value is -3.76.